The van der Waals surface area contributed by atoms with Crippen LogP contribution in [-0.2, 0) is 4.79 Å². The van der Waals surface area contributed by atoms with E-state index in [1.807, 2.05) is 42.5 Å². The van der Waals surface area contributed by atoms with Gasteiger partial charge in [0.1, 0.15) is 11.5 Å². The van der Waals surface area contributed by atoms with E-state index in [0.717, 1.165) is 11.1 Å². The number of carbonyl (C=O) groups is 2. The van der Waals surface area contributed by atoms with Crippen LogP contribution in [0.1, 0.15) is 10.4 Å². The Hall–Kier alpha value is -3.80. The van der Waals surface area contributed by atoms with Gasteiger partial charge < -0.3 is 9.47 Å². The first-order valence-electron chi connectivity index (χ1n) is 8.68. The Kier molecular flexibility index (Phi) is 6.25. The van der Waals surface area contributed by atoms with Crippen LogP contribution in [-0.4, -0.2) is 25.5 Å². The minimum absolute atomic E-state index is 0.225. The standard InChI is InChI=1S/C22H20N2O4/c1-27-20-10-6-5-9-19(20)22(26)24-23-21(25)15-28-18-13-11-17(12-14-18)16-7-3-2-4-8-16/h2-14H,15H2,1H3,(H,23,25)(H,24,26). The Morgan fingerprint density at radius 1 is 0.786 bits per heavy atom. The fourth-order valence-corrected chi connectivity index (χ4v) is 2.59. The smallest absolute Gasteiger partial charge is 0.276 e. The number of benzene rings is 3. The molecule has 0 heterocycles. The molecule has 3 aromatic rings. The highest BCUT2D eigenvalue weighted by molar-refractivity contribution is 5.97. The van der Waals surface area contributed by atoms with Crippen LogP contribution in [0.2, 0.25) is 0 Å². The fraction of sp³-hybridized carbons (Fsp3) is 0.0909. The molecular formula is C22H20N2O4. The lowest BCUT2D eigenvalue weighted by molar-refractivity contribution is -0.123. The second-order valence-corrected chi connectivity index (χ2v) is 5.88. The number of rotatable bonds is 6. The molecule has 0 spiro atoms. The summed E-state index contributed by atoms with van der Waals surface area (Å²) in [5.41, 5.74) is 7.14. The molecule has 0 aliphatic carbocycles. The number of carbonyl (C=O) groups excluding carboxylic acids is 2. The largest absolute Gasteiger partial charge is 0.496 e. The fourth-order valence-electron chi connectivity index (χ4n) is 2.59. The lowest BCUT2D eigenvalue weighted by Crippen LogP contribution is -2.43. The van der Waals surface area contributed by atoms with Gasteiger partial charge in [0.2, 0.25) is 0 Å². The molecule has 0 saturated heterocycles. The third-order valence-electron chi connectivity index (χ3n) is 4.00. The van der Waals surface area contributed by atoms with Crippen LogP contribution >= 0.6 is 0 Å². The number of para-hydroxylation sites is 1. The number of hydrazine groups is 1. The molecule has 2 N–H and O–H groups in total. The second kappa shape index (κ2) is 9.23. The minimum atomic E-state index is -0.476. The van der Waals surface area contributed by atoms with Crippen LogP contribution in [0.5, 0.6) is 11.5 Å². The van der Waals surface area contributed by atoms with Gasteiger partial charge in [-0.05, 0) is 35.4 Å². The zero-order valence-electron chi connectivity index (χ0n) is 15.3. The zero-order valence-corrected chi connectivity index (χ0v) is 15.3. The van der Waals surface area contributed by atoms with Crippen molar-refractivity contribution < 1.29 is 19.1 Å². The Balaban J connectivity index is 1.48. The lowest BCUT2D eigenvalue weighted by atomic mass is 10.1. The molecule has 0 radical (unpaired) electrons. The summed E-state index contributed by atoms with van der Waals surface area (Å²) in [7, 11) is 1.47. The molecule has 142 valence electrons. The highest BCUT2D eigenvalue weighted by atomic mass is 16.5. The van der Waals surface area contributed by atoms with E-state index in [4.69, 9.17) is 9.47 Å². The summed E-state index contributed by atoms with van der Waals surface area (Å²) in [6.45, 7) is -0.225. The van der Waals surface area contributed by atoms with Crippen molar-refractivity contribution in [1.29, 1.82) is 0 Å². The molecule has 0 aliphatic heterocycles. The zero-order chi connectivity index (χ0) is 19.8. The summed E-state index contributed by atoms with van der Waals surface area (Å²) < 4.78 is 10.6. The summed E-state index contributed by atoms with van der Waals surface area (Å²) in [5, 5.41) is 0. The molecule has 0 bridgehead atoms. The van der Waals surface area contributed by atoms with Crippen molar-refractivity contribution in [3.05, 3.63) is 84.4 Å². The first-order valence-corrected chi connectivity index (χ1v) is 8.68. The van der Waals surface area contributed by atoms with Crippen molar-refractivity contribution in [2.75, 3.05) is 13.7 Å². The third-order valence-corrected chi connectivity index (χ3v) is 4.00. The van der Waals surface area contributed by atoms with Gasteiger partial charge in [-0.15, -0.1) is 0 Å². The van der Waals surface area contributed by atoms with Gasteiger partial charge in [-0.2, -0.15) is 0 Å². The van der Waals surface area contributed by atoms with E-state index >= 15 is 0 Å². The number of amides is 2. The summed E-state index contributed by atoms with van der Waals surface area (Å²) in [4.78, 5) is 24.0. The van der Waals surface area contributed by atoms with Crippen LogP contribution in [0.25, 0.3) is 11.1 Å². The number of nitrogens with one attached hydrogen (secondary N) is 2. The van der Waals surface area contributed by atoms with E-state index in [0.29, 0.717) is 17.1 Å². The number of hydrogen-bond acceptors (Lipinski definition) is 4. The van der Waals surface area contributed by atoms with Crippen LogP contribution in [0.15, 0.2) is 78.9 Å². The van der Waals surface area contributed by atoms with Gasteiger partial charge in [-0.1, -0.05) is 54.6 Å². The lowest BCUT2D eigenvalue weighted by Gasteiger charge is -2.11. The van der Waals surface area contributed by atoms with E-state index < -0.39 is 11.8 Å². The van der Waals surface area contributed by atoms with E-state index in [2.05, 4.69) is 10.9 Å². The van der Waals surface area contributed by atoms with Gasteiger partial charge in [-0.25, -0.2) is 0 Å². The van der Waals surface area contributed by atoms with Gasteiger partial charge in [0.25, 0.3) is 11.8 Å². The molecule has 0 aliphatic rings. The summed E-state index contributed by atoms with van der Waals surface area (Å²) in [6.07, 6.45) is 0. The monoisotopic (exact) mass is 376 g/mol. The number of hydrogen-bond donors (Lipinski definition) is 2. The van der Waals surface area contributed by atoms with Crippen molar-refractivity contribution in [2.24, 2.45) is 0 Å². The average Bonchev–Trinajstić information content (AvgIpc) is 2.77. The highest BCUT2D eigenvalue weighted by Gasteiger charge is 2.12. The maximum absolute atomic E-state index is 12.1. The van der Waals surface area contributed by atoms with Crippen molar-refractivity contribution in [3.63, 3.8) is 0 Å². The molecule has 2 amide bonds. The average molecular weight is 376 g/mol. The van der Waals surface area contributed by atoms with Gasteiger partial charge in [-0.3, -0.25) is 20.4 Å². The van der Waals surface area contributed by atoms with Crippen molar-refractivity contribution in [3.8, 4) is 22.6 Å². The van der Waals surface area contributed by atoms with Gasteiger partial charge in [0.15, 0.2) is 6.61 Å². The Morgan fingerprint density at radius 2 is 1.43 bits per heavy atom. The molecule has 0 fully saturated rings. The molecule has 6 nitrogen and oxygen atoms in total. The molecule has 0 unspecified atom stereocenters. The first kappa shape index (κ1) is 19.0. The minimum Gasteiger partial charge on any atom is -0.496 e. The van der Waals surface area contributed by atoms with Crippen molar-refractivity contribution in [2.45, 2.75) is 0 Å². The summed E-state index contributed by atoms with van der Waals surface area (Å²) >= 11 is 0. The predicted octanol–water partition coefficient (Wildman–Crippen LogP) is 3.20. The first-order chi connectivity index (χ1) is 13.7. The Labute approximate surface area is 163 Å². The maximum Gasteiger partial charge on any atom is 0.276 e. The molecule has 6 heteroatoms. The van der Waals surface area contributed by atoms with Gasteiger partial charge in [0, 0.05) is 0 Å². The molecule has 3 rings (SSSR count). The number of ether oxygens (including phenoxy) is 2. The Morgan fingerprint density at radius 3 is 2.14 bits per heavy atom. The SMILES string of the molecule is COc1ccccc1C(=O)NNC(=O)COc1ccc(-c2ccccc2)cc1. The quantitative estimate of drug-likeness (QED) is 0.648. The van der Waals surface area contributed by atoms with Gasteiger partial charge in [0.05, 0.1) is 12.7 Å². The van der Waals surface area contributed by atoms with Crippen LogP contribution in [0.4, 0.5) is 0 Å². The molecule has 0 aromatic heterocycles. The molecule has 3 aromatic carbocycles. The Bertz CT molecular complexity index is 940. The van der Waals surface area contributed by atoms with Crippen LogP contribution < -0.4 is 20.3 Å². The summed E-state index contributed by atoms with van der Waals surface area (Å²) in [5.74, 6) is 0.0308. The van der Waals surface area contributed by atoms with Crippen LogP contribution in [0, 0.1) is 0 Å². The topological polar surface area (TPSA) is 76.7 Å². The molecule has 0 saturated carbocycles. The van der Waals surface area contributed by atoms with Crippen molar-refractivity contribution in [1.82, 2.24) is 10.9 Å². The van der Waals surface area contributed by atoms with Crippen molar-refractivity contribution >= 4 is 11.8 Å². The van der Waals surface area contributed by atoms with Gasteiger partial charge >= 0.3 is 0 Å². The maximum atomic E-state index is 12.1. The van der Waals surface area contributed by atoms with E-state index in [1.165, 1.54) is 7.11 Å². The van der Waals surface area contributed by atoms with E-state index in [-0.39, 0.29) is 6.61 Å². The van der Waals surface area contributed by atoms with E-state index in [9.17, 15) is 9.59 Å². The summed E-state index contributed by atoms with van der Waals surface area (Å²) in [6, 6.07) is 24.1. The third kappa shape index (κ3) is 4.88. The van der Waals surface area contributed by atoms with Crippen LogP contribution in [0.3, 0.4) is 0 Å². The second-order valence-electron chi connectivity index (χ2n) is 5.88. The van der Waals surface area contributed by atoms with E-state index in [1.54, 1.807) is 36.4 Å². The number of methoxy groups -OCH3 is 1. The predicted molar refractivity (Wildman–Crippen MR) is 106 cm³/mol. The molecular weight excluding hydrogens is 356 g/mol. The normalized spacial score (nSPS) is 10.0. The molecule has 0 atom stereocenters. The molecule has 28 heavy (non-hydrogen) atoms. The highest BCUT2D eigenvalue weighted by Crippen LogP contribution is 2.22.